The first-order valence-corrected chi connectivity index (χ1v) is 23.6. The van der Waals surface area contributed by atoms with E-state index in [1.54, 1.807) is 0 Å². The molecule has 10 aromatic rings. The molecule has 2 aliphatic carbocycles. The van der Waals surface area contributed by atoms with E-state index in [9.17, 15) is 0 Å². The van der Waals surface area contributed by atoms with Crippen molar-refractivity contribution >= 4 is 17.1 Å². The predicted octanol–water partition coefficient (Wildman–Crippen LogP) is 18.1. The van der Waals surface area contributed by atoms with Crippen LogP contribution in [0.3, 0.4) is 0 Å². The van der Waals surface area contributed by atoms with E-state index in [0.717, 1.165) is 17.1 Å². The first-order chi connectivity index (χ1) is 32.8. The summed E-state index contributed by atoms with van der Waals surface area (Å²) >= 11 is 0. The Bertz CT molecular complexity index is 3480. The number of fused-ring (bicyclic) bond motifs is 6. The van der Waals surface area contributed by atoms with Crippen LogP contribution >= 0.6 is 0 Å². The minimum absolute atomic E-state index is 0.0604. The summed E-state index contributed by atoms with van der Waals surface area (Å²) in [7, 11) is 0. The Labute approximate surface area is 395 Å². The van der Waals surface area contributed by atoms with Gasteiger partial charge in [-0.2, -0.15) is 0 Å². The number of hydrogen-bond acceptors (Lipinski definition) is 1. The topological polar surface area (TPSA) is 3.24 Å². The Balaban J connectivity index is 0.977. The van der Waals surface area contributed by atoms with Gasteiger partial charge in [0, 0.05) is 27.8 Å². The van der Waals surface area contributed by atoms with Crippen molar-refractivity contribution in [2.45, 2.75) is 38.5 Å². The van der Waals surface area contributed by atoms with Gasteiger partial charge < -0.3 is 4.90 Å². The molecular weight excluding hydrogens is 807 g/mol. The zero-order chi connectivity index (χ0) is 45.3. The molecule has 0 aliphatic heterocycles. The number of anilines is 3. The second-order valence-corrected chi connectivity index (χ2v) is 19.3. The van der Waals surface area contributed by atoms with E-state index in [2.05, 4.69) is 269 Å². The largest absolute Gasteiger partial charge is 0.310 e. The normalized spacial score (nSPS) is 13.6. The second kappa shape index (κ2) is 15.9. The summed E-state index contributed by atoms with van der Waals surface area (Å²) in [5, 5.41) is 0. The smallest absolute Gasteiger partial charge is 0.0540 e. The van der Waals surface area contributed by atoms with Crippen molar-refractivity contribution in [2.24, 2.45) is 0 Å². The first kappa shape index (κ1) is 40.5. The molecule has 0 amide bonds. The number of hydrogen-bond donors (Lipinski definition) is 0. The van der Waals surface area contributed by atoms with Crippen LogP contribution in [0.2, 0.25) is 0 Å². The molecule has 0 saturated heterocycles. The van der Waals surface area contributed by atoms with E-state index in [0.29, 0.717) is 0 Å². The predicted molar refractivity (Wildman–Crippen MR) is 283 cm³/mol. The fourth-order valence-corrected chi connectivity index (χ4v) is 11.3. The molecule has 10 aromatic carbocycles. The van der Waals surface area contributed by atoms with Crippen molar-refractivity contribution < 1.29 is 0 Å². The fraction of sp³-hybridized carbons (Fsp3) is 0.0909. The first-order valence-electron chi connectivity index (χ1n) is 23.6. The van der Waals surface area contributed by atoms with Gasteiger partial charge in [-0.05, 0) is 137 Å². The van der Waals surface area contributed by atoms with Crippen LogP contribution < -0.4 is 4.90 Å². The van der Waals surface area contributed by atoms with Crippen molar-refractivity contribution in [1.82, 2.24) is 0 Å². The van der Waals surface area contributed by atoms with Gasteiger partial charge >= 0.3 is 0 Å². The monoisotopic (exact) mass is 857 g/mol. The van der Waals surface area contributed by atoms with Gasteiger partial charge in [-0.3, -0.25) is 0 Å². The quantitative estimate of drug-likeness (QED) is 0.147. The van der Waals surface area contributed by atoms with Crippen molar-refractivity contribution in [1.29, 1.82) is 0 Å². The fourth-order valence-electron chi connectivity index (χ4n) is 11.3. The highest BCUT2D eigenvalue weighted by molar-refractivity contribution is 5.95. The minimum atomic E-state index is -0.162. The van der Waals surface area contributed by atoms with Crippen molar-refractivity contribution in [3.05, 3.63) is 259 Å². The van der Waals surface area contributed by atoms with Gasteiger partial charge in [0.25, 0.3) is 0 Å². The highest BCUT2D eigenvalue weighted by Crippen LogP contribution is 2.54. The molecule has 12 rings (SSSR count). The molecule has 0 N–H and O–H groups in total. The van der Waals surface area contributed by atoms with E-state index in [4.69, 9.17) is 0 Å². The van der Waals surface area contributed by atoms with Gasteiger partial charge in [0.15, 0.2) is 0 Å². The number of nitrogens with zero attached hydrogens (tertiary/aromatic N) is 1. The maximum Gasteiger partial charge on any atom is 0.0540 e. The Kier molecular flexibility index (Phi) is 9.59. The molecule has 0 aromatic heterocycles. The van der Waals surface area contributed by atoms with Crippen LogP contribution in [0.5, 0.6) is 0 Å². The zero-order valence-corrected chi connectivity index (χ0v) is 38.5. The lowest BCUT2D eigenvalue weighted by Crippen LogP contribution is -2.17. The van der Waals surface area contributed by atoms with Crippen molar-refractivity contribution in [3.63, 3.8) is 0 Å². The molecule has 0 fully saturated rings. The SMILES string of the molecule is CC1(C)c2ccccc2-c2ccc(-c3ccc(N(c4ccc(-c5ccc(-c6ccccc6)c(-c6ccccc6)c5)cc4)c4ccccc4-c4cccc5c4C(C)(C)c4ccccc4-5)cc3)cc21. The molecule has 0 atom stereocenters. The molecule has 1 nitrogen and oxygen atoms in total. The summed E-state index contributed by atoms with van der Waals surface area (Å²) in [6.07, 6.45) is 0. The van der Waals surface area contributed by atoms with E-state index >= 15 is 0 Å². The third-order valence-corrected chi connectivity index (χ3v) is 14.7. The molecule has 0 bridgehead atoms. The van der Waals surface area contributed by atoms with Crippen molar-refractivity contribution in [3.8, 4) is 77.9 Å². The third kappa shape index (κ3) is 6.68. The molecule has 0 saturated carbocycles. The zero-order valence-electron chi connectivity index (χ0n) is 38.5. The second-order valence-electron chi connectivity index (χ2n) is 19.3. The summed E-state index contributed by atoms with van der Waals surface area (Å²) in [5.41, 5.74) is 26.1. The minimum Gasteiger partial charge on any atom is -0.310 e. The Morgan fingerprint density at radius 2 is 0.672 bits per heavy atom. The molecule has 2 aliphatic rings. The van der Waals surface area contributed by atoms with Crippen LogP contribution in [0.4, 0.5) is 17.1 Å². The van der Waals surface area contributed by atoms with Crippen LogP contribution in [0, 0.1) is 0 Å². The van der Waals surface area contributed by atoms with Crippen LogP contribution in [-0.4, -0.2) is 0 Å². The molecule has 1 heteroatoms. The number of benzene rings is 10. The summed E-state index contributed by atoms with van der Waals surface area (Å²) < 4.78 is 0. The molecule has 0 unspecified atom stereocenters. The molecule has 67 heavy (non-hydrogen) atoms. The van der Waals surface area contributed by atoms with E-state index in [1.165, 1.54) is 100 Å². The Hall–Kier alpha value is -8.00. The van der Waals surface area contributed by atoms with Gasteiger partial charge in [0.1, 0.15) is 0 Å². The van der Waals surface area contributed by atoms with E-state index in [-0.39, 0.29) is 10.8 Å². The lowest BCUT2D eigenvalue weighted by atomic mass is 9.78. The maximum absolute atomic E-state index is 2.45. The summed E-state index contributed by atoms with van der Waals surface area (Å²) in [5.74, 6) is 0. The van der Waals surface area contributed by atoms with Crippen LogP contribution in [-0.2, 0) is 10.8 Å². The van der Waals surface area contributed by atoms with Gasteiger partial charge in [0.2, 0.25) is 0 Å². The average molecular weight is 858 g/mol. The van der Waals surface area contributed by atoms with E-state index in [1.807, 2.05) is 0 Å². The van der Waals surface area contributed by atoms with Gasteiger partial charge in [-0.15, -0.1) is 0 Å². The highest BCUT2D eigenvalue weighted by atomic mass is 15.1. The summed E-state index contributed by atoms with van der Waals surface area (Å²) in [4.78, 5) is 2.45. The third-order valence-electron chi connectivity index (χ3n) is 14.7. The maximum atomic E-state index is 2.45. The molecule has 0 radical (unpaired) electrons. The van der Waals surface area contributed by atoms with Gasteiger partial charge in [-0.25, -0.2) is 0 Å². The van der Waals surface area contributed by atoms with Gasteiger partial charge in [-0.1, -0.05) is 222 Å². The van der Waals surface area contributed by atoms with E-state index < -0.39 is 0 Å². The summed E-state index contributed by atoms with van der Waals surface area (Å²) in [6, 6.07) is 87.4. The molecule has 320 valence electrons. The lowest BCUT2D eigenvalue weighted by molar-refractivity contribution is 0.660. The van der Waals surface area contributed by atoms with Crippen LogP contribution in [0.1, 0.15) is 49.9 Å². The molecule has 0 heterocycles. The van der Waals surface area contributed by atoms with Crippen molar-refractivity contribution in [2.75, 3.05) is 4.90 Å². The molecule has 0 spiro atoms. The highest BCUT2D eigenvalue weighted by Gasteiger charge is 2.38. The Morgan fingerprint density at radius 3 is 1.28 bits per heavy atom. The summed E-state index contributed by atoms with van der Waals surface area (Å²) in [6.45, 7) is 9.48. The lowest BCUT2D eigenvalue weighted by Gasteiger charge is -2.30. The standard InChI is InChI=1S/C66H51N/c1-65(2)60-27-14-11-22-53(60)55-41-35-49(43-62(55)65)45-32-38-51(39-33-45)67(63-29-16-13-24-56(63)58-26-17-25-57-54-23-12-15-28-61(54)66(3,4)64(57)58)50-36-30-44(31-37-50)48-34-40-52(46-18-7-5-8-19-46)59(42-48)47-20-9-6-10-21-47/h5-43H,1-4H3. The molecular formula is C66H51N. The average Bonchev–Trinajstić information content (AvgIpc) is 3.76. The van der Waals surface area contributed by atoms with Gasteiger partial charge in [0.05, 0.1) is 5.69 Å². The van der Waals surface area contributed by atoms with Crippen LogP contribution in [0.25, 0.3) is 77.9 Å². The Morgan fingerprint density at radius 1 is 0.254 bits per heavy atom. The number of para-hydroxylation sites is 1. The number of rotatable bonds is 8. The van der Waals surface area contributed by atoms with Crippen LogP contribution in [0.15, 0.2) is 237 Å².